The van der Waals surface area contributed by atoms with Crippen molar-refractivity contribution in [2.75, 3.05) is 0 Å². The SMILES string of the molecule is C=C.CCCCC[Si](C)(C)O[Si](C)(CC)O[Si](C)(C)O[Si](C)(C)C.CCCCC[Si](C)(C)O[Si](C)(CC)O[Si](C)(C)O[Si](C)(C)C.CC[Si](C)(O[Si](C)(C)C)O[Si](C)(C)O[Si](C)(C)C. The van der Waals surface area contributed by atoms with Crippen LogP contribution in [-0.4, -0.2) is 101 Å². The van der Waals surface area contributed by atoms with Crippen LogP contribution >= 0.6 is 0 Å². The summed E-state index contributed by atoms with van der Waals surface area (Å²) in [5.41, 5.74) is 0. The minimum absolute atomic E-state index is 0.989. The molecular weight excluding hydrogens is 997 g/mol. The highest BCUT2D eigenvalue weighted by Crippen LogP contribution is 2.31. The van der Waals surface area contributed by atoms with Crippen molar-refractivity contribution in [3.05, 3.63) is 13.2 Å². The summed E-state index contributed by atoms with van der Waals surface area (Å²) < 4.78 is 58.4. The van der Waals surface area contributed by atoms with Crippen molar-refractivity contribution in [1.29, 1.82) is 0 Å². The molecule has 21 heteroatoms. The topological polar surface area (TPSA) is 83.1 Å². The summed E-state index contributed by atoms with van der Waals surface area (Å²) in [6, 6.07) is 5.47. The zero-order chi connectivity index (χ0) is 52.1. The normalized spacial score (nSPS) is 16.5. The molecule has 0 aromatic heterocycles. The predicted octanol–water partition coefficient (Wildman–Crippen LogP) is 17.4. The average molecular weight is 1110 g/mol. The molecule has 0 saturated carbocycles. The smallest absolute Gasteiger partial charge is 0.315 e. The Labute approximate surface area is 415 Å². The fourth-order valence-electron chi connectivity index (χ4n) is 7.85. The molecule has 0 amide bonds. The van der Waals surface area contributed by atoms with E-state index < -0.39 is 101 Å². The molecule has 64 heavy (non-hydrogen) atoms. The molecule has 0 saturated heterocycles. The highest BCUT2D eigenvalue weighted by Gasteiger charge is 2.46. The molecule has 0 aliphatic carbocycles. The van der Waals surface area contributed by atoms with Crippen molar-refractivity contribution >= 4 is 101 Å². The van der Waals surface area contributed by atoms with Gasteiger partial charge in [0, 0.05) is 0 Å². The summed E-state index contributed by atoms with van der Waals surface area (Å²) in [5.74, 6) is 0. The van der Waals surface area contributed by atoms with E-state index in [-0.39, 0.29) is 0 Å². The van der Waals surface area contributed by atoms with Gasteiger partial charge in [-0.25, -0.2) is 0 Å². The number of hydrogen-bond acceptors (Lipinski definition) is 9. The molecule has 0 bridgehead atoms. The predicted molar refractivity (Wildman–Crippen MR) is 317 cm³/mol. The number of unbranched alkanes of at least 4 members (excludes halogenated alkanes) is 4. The maximum Gasteiger partial charge on any atom is 0.315 e. The van der Waals surface area contributed by atoms with E-state index in [0.717, 1.165) is 18.1 Å². The van der Waals surface area contributed by atoms with Gasteiger partial charge in [-0.15, -0.1) is 13.2 Å². The van der Waals surface area contributed by atoms with E-state index in [1.165, 1.54) is 50.6 Å². The van der Waals surface area contributed by atoms with Gasteiger partial charge in [-0.1, -0.05) is 73.1 Å². The molecule has 0 spiro atoms. The fourth-order valence-corrected chi connectivity index (χ4v) is 62.3. The second-order valence-corrected chi connectivity index (χ2v) is 74.1. The average Bonchev–Trinajstić information content (AvgIpc) is 3.00. The Morgan fingerprint density at radius 3 is 0.641 bits per heavy atom. The fraction of sp³-hybridized carbons (Fsp3) is 0.953. The van der Waals surface area contributed by atoms with Crippen LogP contribution < -0.4 is 0 Å². The van der Waals surface area contributed by atoms with Gasteiger partial charge < -0.3 is 37.0 Å². The van der Waals surface area contributed by atoms with Crippen LogP contribution in [-0.2, 0) is 37.0 Å². The summed E-state index contributed by atoms with van der Waals surface area (Å²) in [5, 5.41) is 0. The molecule has 0 heterocycles. The summed E-state index contributed by atoms with van der Waals surface area (Å²) in [6.45, 7) is 72.9. The lowest BCUT2D eigenvalue weighted by atomic mass is 10.3. The standard InChI is InChI=1S/2C15H40O3Si4.C11H32O3Si4.C2H4/c2*1-11-13-14-15-20(6,7)17-22(10,12-2)18-21(8,9)16-19(3,4)5;1-11-18(10,13-16(5,6)7)14-17(8,9)12-15(2,3)4;1-2/h2*11-15H2,1-10H3;11H2,1-10H3;1-2H2. The molecule has 0 N–H and O–H groups in total. The van der Waals surface area contributed by atoms with E-state index in [0.29, 0.717) is 0 Å². The van der Waals surface area contributed by atoms with Gasteiger partial charge in [0.15, 0.2) is 49.9 Å². The molecule has 0 fully saturated rings. The molecule has 0 radical (unpaired) electrons. The van der Waals surface area contributed by atoms with E-state index in [4.69, 9.17) is 37.0 Å². The van der Waals surface area contributed by atoms with Gasteiger partial charge in [0.05, 0.1) is 0 Å². The highest BCUT2D eigenvalue weighted by molar-refractivity contribution is 6.91. The Balaban J connectivity index is -0.000000416. The number of hydrogen-bond donors (Lipinski definition) is 0. The minimum Gasteiger partial charge on any atom is -0.437 e. The highest BCUT2D eigenvalue weighted by atomic mass is 28.5. The second-order valence-electron chi connectivity index (χ2n) is 24.5. The van der Waals surface area contributed by atoms with E-state index in [9.17, 15) is 0 Å². The largest absolute Gasteiger partial charge is 0.437 e. The maximum atomic E-state index is 6.70. The first-order valence-corrected chi connectivity index (χ1v) is 60.9. The monoisotopic (exact) mass is 1110 g/mol. The Kier molecular flexibility index (Phi) is 34.1. The molecule has 9 nitrogen and oxygen atoms in total. The Bertz CT molecular complexity index is 1170. The van der Waals surface area contributed by atoms with Crippen LogP contribution in [0.5, 0.6) is 0 Å². The molecule has 0 aliphatic heterocycles. The molecule has 3 atom stereocenters. The van der Waals surface area contributed by atoms with Crippen LogP contribution in [0.15, 0.2) is 13.2 Å². The van der Waals surface area contributed by atoms with Crippen LogP contribution in [0.25, 0.3) is 0 Å². The second kappa shape index (κ2) is 30.1. The Morgan fingerprint density at radius 1 is 0.266 bits per heavy atom. The molecular formula is C43H116O9Si12. The molecule has 0 aromatic carbocycles. The van der Waals surface area contributed by atoms with Crippen molar-refractivity contribution in [1.82, 2.24) is 0 Å². The van der Waals surface area contributed by atoms with Crippen LogP contribution in [0.2, 0.25) is 194 Å². The zero-order valence-corrected chi connectivity index (χ0v) is 60.9. The third kappa shape index (κ3) is 42.8. The zero-order valence-electron chi connectivity index (χ0n) is 48.9. The Hall–Kier alpha value is 1.98. The molecule has 3 unspecified atom stereocenters. The number of rotatable bonds is 29. The first-order valence-electron chi connectivity index (χ1n) is 25.0. The molecule has 0 aromatic rings. The minimum atomic E-state index is -2.13. The quantitative estimate of drug-likeness (QED) is 0.0413. The Morgan fingerprint density at radius 2 is 0.469 bits per heavy atom. The summed E-state index contributed by atoms with van der Waals surface area (Å²) in [6.07, 6.45) is 7.74. The third-order valence-electron chi connectivity index (χ3n) is 9.24. The lowest BCUT2D eigenvalue weighted by Gasteiger charge is -2.41. The molecule has 0 rings (SSSR count). The summed E-state index contributed by atoms with van der Waals surface area (Å²) in [4.78, 5) is 0. The van der Waals surface area contributed by atoms with Crippen LogP contribution in [0.3, 0.4) is 0 Å². The van der Waals surface area contributed by atoms with Crippen molar-refractivity contribution in [2.24, 2.45) is 0 Å². The van der Waals surface area contributed by atoms with Gasteiger partial charge in [0.25, 0.3) is 0 Å². The third-order valence-corrected chi connectivity index (χ3v) is 52.6. The van der Waals surface area contributed by atoms with Crippen molar-refractivity contribution < 1.29 is 37.0 Å². The van der Waals surface area contributed by atoms with Gasteiger partial charge in [-0.05, 0) is 194 Å². The lowest BCUT2D eigenvalue weighted by molar-refractivity contribution is 0.321. The first kappa shape index (κ1) is 72.5. The van der Waals surface area contributed by atoms with E-state index in [1.54, 1.807) is 0 Å². The van der Waals surface area contributed by atoms with Crippen LogP contribution in [0, 0.1) is 0 Å². The molecule has 0 aliphatic rings. The van der Waals surface area contributed by atoms with Crippen molar-refractivity contribution in [3.8, 4) is 0 Å². The van der Waals surface area contributed by atoms with Gasteiger partial charge in [-0.3, -0.25) is 0 Å². The maximum absolute atomic E-state index is 6.70. The van der Waals surface area contributed by atoms with Crippen molar-refractivity contribution in [2.45, 2.75) is 267 Å². The first-order chi connectivity index (χ1) is 28.2. The van der Waals surface area contributed by atoms with Gasteiger partial charge in [0.1, 0.15) is 0 Å². The van der Waals surface area contributed by atoms with Gasteiger partial charge in [-0.2, -0.15) is 0 Å². The summed E-state index contributed by atoms with van der Waals surface area (Å²) in [7, 11) is -22.2. The van der Waals surface area contributed by atoms with Crippen molar-refractivity contribution in [3.63, 3.8) is 0 Å². The van der Waals surface area contributed by atoms with Crippen LogP contribution in [0.1, 0.15) is 73.1 Å². The van der Waals surface area contributed by atoms with E-state index in [1.807, 2.05) is 0 Å². The summed E-state index contributed by atoms with van der Waals surface area (Å²) >= 11 is 0. The lowest BCUT2D eigenvalue weighted by Crippen LogP contribution is -2.57. The van der Waals surface area contributed by atoms with Crippen LogP contribution in [0.4, 0.5) is 0 Å². The molecule has 390 valence electrons. The van der Waals surface area contributed by atoms with Gasteiger partial charge >= 0.3 is 51.4 Å². The van der Waals surface area contributed by atoms with E-state index >= 15 is 0 Å². The van der Waals surface area contributed by atoms with E-state index in [2.05, 4.69) is 211 Å². The van der Waals surface area contributed by atoms with Gasteiger partial charge in [0.2, 0.25) is 0 Å².